The highest BCUT2D eigenvalue weighted by Gasteiger charge is 2.63. The number of esters is 1. The van der Waals surface area contributed by atoms with Crippen LogP contribution < -0.4 is 10.1 Å². The van der Waals surface area contributed by atoms with Gasteiger partial charge in [0.05, 0.1) is 17.2 Å². The number of amides is 3. The number of benzene rings is 3. The lowest BCUT2D eigenvalue weighted by atomic mass is 9.72. The molecule has 3 amide bonds. The number of alkyl halides is 3. The number of nitrogens with zero attached hydrogens (tertiary/aromatic N) is 1. The highest BCUT2D eigenvalue weighted by molar-refractivity contribution is 6.03. The van der Waals surface area contributed by atoms with Crippen molar-refractivity contribution in [2.24, 2.45) is 5.41 Å². The molecule has 2 atom stereocenters. The minimum Gasteiger partial charge on any atom is -0.469 e. The van der Waals surface area contributed by atoms with E-state index in [9.17, 15) is 27.6 Å². The fraction of sp³-hybridized carbons (Fsp3) is 0.303. The van der Waals surface area contributed by atoms with Crippen LogP contribution in [0.5, 0.6) is 5.75 Å². The molecule has 1 aliphatic heterocycles. The Morgan fingerprint density at radius 3 is 2.19 bits per heavy atom. The number of rotatable bonds is 11. The predicted molar refractivity (Wildman–Crippen MR) is 154 cm³/mol. The fourth-order valence-corrected chi connectivity index (χ4v) is 5.07. The highest BCUT2D eigenvalue weighted by atomic mass is 19.4. The molecular weight excluding hydrogens is 561 g/mol. The van der Waals surface area contributed by atoms with Gasteiger partial charge >= 0.3 is 18.2 Å². The molecule has 0 radical (unpaired) electrons. The van der Waals surface area contributed by atoms with Gasteiger partial charge in [0.1, 0.15) is 17.8 Å². The van der Waals surface area contributed by atoms with Crippen LogP contribution in [0, 0.1) is 5.41 Å². The first-order valence-electron chi connectivity index (χ1n) is 13.9. The van der Waals surface area contributed by atoms with Crippen LogP contribution in [0.15, 0.2) is 91.5 Å². The second-order valence-electron chi connectivity index (χ2n) is 10.2. The first-order chi connectivity index (χ1) is 20.5. The van der Waals surface area contributed by atoms with Crippen molar-refractivity contribution >= 4 is 17.9 Å². The van der Waals surface area contributed by atoms with Gasteiger partial charge < -0.3 is 14.8 Å². The smallest absolute Gasteiger partial charge is 0.416 e. The standard InChI is InChI=1S/C33H33F3N2O5/c1-4-10-27(23-13-17-25(18-14-23)33(34,35)36)37-31(41)38-29(40)32(5-2,6-3)30(38)43-26-19-15-24(16-20-26)28(39)42-21-22-11-8-7-9-12-22/h4,7-9,11-20,27,30H,1,5-6,10,21H2,2-3H3,(H,37,41)/t27-,30?/m1/s1. The van der Waals surface area contributed by atoms with Gasteiger partial charge in [-0.3, -0.25) is 4.79 Å². The van der Waals surface area contributed by atoms with Gasteiger partial charge in [-0.25, -0.2) is 14.5 Å². The average Bonchev–Trinajstić information content (AvgIpc) is 3.00. The molecule has 4 rings (SSSR count). The Bertz CT molecular complexity index is 1440. The van der Waals surface area contributed by atoms with Gasteiger partial charge in [-0.05, 0) is 66.8 Å². The molecule has 3 aromatic rings. The first-order valence-corrected chi connectivity index (χ1v) is 13.9. The predicted octanol–water partition coefficient (Wildman–Crippen LogP) is 7.44. The molecule has 0 aromatic heterocycles. The molecule has 0 spiro atoms. The number of ether oxygens (including phenoxy) is 2. The second kappa shape index (κ2) is 13.1. The Kier molecular flexibility index (Phi) is 9.58. The quantitative estimate of drug-likeness (QED) is 0.142. The second-order valence-corrected chi connectivity index (χ2v) is 10.2. The Hall–Kier alpha value is -4.60. The molecule has 10 heteroatoms. The van der Waals surface area contributed by atoms with Crippen LogP contribution in [0.1, 0.15) is 66.2 Å². The average molecular weight is 595 g/mol. The van der Waals surface area contributed by atoms with Crippen molar-refractivity contribution in [1.29, 1.82) is 0 Å². The van der Waals surface area contributed by atoms with Crippen molar-refractivity contribution < 1.29 is 37.0 Å². The molecule has 1 unspecified atom stereocenters. The maximum atomic E-state index is 13.4. The number of β-lactam (4-membered cyclic amide) rings is 1. The van der Waals surface area contributed by atoms with Crippen LogP contribution in [-0.2, 0) is 22.3 Å². The van der Waals surface area contributed by atoms with Crippen molar-refractivity contribution in [3.05, 3.63) is 114 Å². The zero-order valence-corrected chi connectivity index (χ0v) is 23.9. The molecule has 1 heterocycles. The van der Waals surface area contributed by atoms with Crippen molar-refractivity contribution in [1.82, 2.24) is 10.2 Å². The number of carbonyl (C=O) groups excluding carboxylic acids is 3. The Morgan fingerprint density at radius 2 is 1.63 bits per heavy atom. The summed E-state index contributed by atoms with van der Waals surface area (Å²) in [7, 11) is 0. The van der Waals surface area contributed by atoms with Crippen LogP contribution in [0.25, 0.3) is 0 Å². The monoisotopic (exact) mass is 594 g/mol. The maximum absolute atomic E-state index is 13.4. The van der Waals surface area contributed by atoms with E-state index in [1.54, 1.807) is 12.1 Å². The number of halogens is 3. The molecule has 0 aliphatic carbocycles. The first kappa shape index (κ1) is 31.3. The van der Waals surface area contributed by atoms with Crippen LogP contribution >= 0.6 is 0 Å². The molecule has 43 heavy (non-hydrogen) atoms. The van der Waals surface area contributed by atoms with Crippen LogP contribution in [0.4, 0.5) is 18.0 Å². The number of likely N-dealkylation sites (tertiary alicyclic amines) is 1. The molecule has 1 fully saturated rings. The molecule has 0 bridgehead atoms. The minimum absolute atomic E-state index is 0.126. The van der Waals surface area contributed by atoms with Crippen LogP contribution in [-0.4, -0.2) is 29.0 Å². The lowest BCUT2D eigenvalue weighted by Gasteiger charge is -2.53. The summed E-state index contributed by atoms with van der Waals surface area (Å²) in [6.07, 6.45) is -2.86. The van der Waals surface area contributed by atoms with E-state index in [0.717, 1.165) is 22.6 Å². The largest absolute Gasteiger partial charge is 0.469 e. The highest BCUT2D eigenvalue weighted by Crippen LogP contribution is 2.46. The van der Waals surface area contributed by atoms with E-state index in [2.05, 4.69) is 11.9 Å². The summed E-state index contributed by atoms with van der Waals surface area (Å²) in [6.45, 7) is 7.48. The number of nitrogens with one attached hydrogen (secondary N) is 1. The van der Waals surface area contributed by atoms with Crippen molar-refractivity contribution in [3.63, 3.8) is 0 Å². The third-order valence-corrected chi connectivity index (χ3v) is 7.72. The molecule has 1 N–H and O–H groups in total. The lowest BCUT2D eigenvalue weighted by Crippen LogP contribution is -2.73. The lowest BCUT2D eigenvalue weighted by molar-refractivity contribution is -0.191. The number of carbonyl (C=O) groups is 3. The summed E-state index contributed by atoms with van der Waals surface area (Å²) in [5.41, 5.74) is -0.167. The van der Waals surface area contributed by atoms with E-state index in [0.29, 0.717) is 29.7 Å². The van der Waals surface area contributed by atoms with Gasteiger partial charge in [0.2, 0.25) is 5.91 Å². The SMILES string of the molecule is C=CC[C@@H](NC(=O)N1C(=O)C(CC)(CC)C1Oc1ccc(C(=O)OCc2ccccc2)cc1)c1ccc(C(F)(F)F)cc1. The number of hydrogen-bond acceptors (Lipinski definition) is 5. The Morgan fingerprint density at radius 1 is 1.00 bits per heavy atom. The molecule has 7 nitrogen and oxygen atoms in total. The van der Waals surface area contributed by atoms with Gasteiger partial charge in [0.15, 0.2) is 6.23 Å². The fourth-order valence-electron chi connectivity index (χ4n) is 5.07. The summed E-state index contributed by atoms with van der Waals surface area (Å²) in [5.74, 6) is -0.583. The summed E-state index contributed by atoms with van der Waals surface area (Å²) < 4.78 is 50.6. The van der Waals surface area contributed by atoms with E-state index < -0.39 is 47.3 Å². The number of hydrogen-bond donors (Lipinski definition) is 1. The zero-order valence-electron chi connectivity index (χ0n) is 23.9. The van der Waals surface area contributed by atoms with E-state index in [1.807, 2.05) is 44.2 Å². The topological polar surface area (TPSA) is 84.9 Å². The normalized spacial score (nSPS) is 16.5. The molecule has 0 saturated carbocycles. The van der Waals surface area contributed by atoms with E-state index in [-0.39, 0.29) is 13.0 Å². The van der Waals surface area contributed by atoms with Gasteiger partial charge in [-0.2, -0.15) is 13.2 Å². The molecule has 1 aliphatic rings. The van der Waals surface area contributed by atoms with Gasteiger partial charge in [0, 0.05) is 0 Å². The zero-order chi connectivity index (χ0) is 31.2. The summed E-state index contributed by atoms with van der Waals surface area (Å²) >= 11 is 0. The van der Waals surface area contributed by atoms with Crippen molar-refractivity contribution in [3.8, 4) is 5.75 Å². The van der Waals surface area contributed by atoms with Gasteiger partial charge in [-0.1, -0.05) is 62.4 Å². The number of imide groups is 1. The van der Waals surface area contributed by atoms with Gasteiger partial charge in [-0.15, -0.1) is 6.58 Å². The third-order valence-electron chi connectivity index (χ3n) is 7.72. The van der Waals surface area contributed by atoms with Crippen molar-refractivity contribution in [2.75, 3.05) is 0 Å². The molecule has 1 saturated heterocycles. The van der Waals surface area contributed by atoms with E-state index in [1.165, 1.54) is 30.3 Å². The minimum atomic E-state index is -4.49. The van der Waals surface area contributed by atoms with Gasteiger partial charge in [0.25, 0.3) is 0 Å². The van der Waals surface area contributed by atoms with E-state index >= 15 is 0 Å². The summed E-state index contributed by atoms with van der Waals surface area (Å²) in [4.78, 5) is 40.2. The van der Waals surface area contributed by atoms with Crippen LogP contribution in [0.3, 0.4) is 0 Å². The summed E-state index contributed by atoms with van der Waals surface area (Å²) in [6, 6.07) is 18.5. The number of urea groups is 1. The Balaban J connectivity index is 1.48. The third kappa shape index (κ3) is 6.74. The van der Waals surface area contributed by atoms with Crippen molar-refractivity contribution in [2.45, 2.75) is 58.2 Å². The molecule has 3 aromatic carbocycles. The van der Waals surface area contributed by atoms with E-state index in [4.69, 9.17) is 9.47 Å². The molecular formula is C33H33F3N2O5. The molecule has 226 valence electrons. The van der Waals surface area contributed by atoms with Crippen LogP contribution in [0.2, 0.25) is 0 Å². The Labute approximate surface area is 248 Å². The summed E-state index contributed by atoms with van der Waals surface area (Å²) in [5, 5.41) is 2.75. The maximum Gasteiger partial charge on any atom is 0.416 e.